The lowest BCUT2D eigenvalue weighted by Crippen LogP contribution is -1.98. The maximum atomic E-state index is 6.26. The standard InChI is InChI=1S/C36H22N2O/c1-5-16-29-25(12-1)26-13-2-6-17-30(26)37(29)23-10-9-11-24(22-23)38-31-18-7-3-14-27(31)35-32(38)20-21-34-36(35)28-15-4-8-19-33(28)39-34/h1-22H. The zero-order chi connectivity index (χ0) is 25.5. The molecule has 0 N–H and O–H groups in total. The molecule has 0 aliphatic heterocycles. The fourth-order valence-corrected chi connectivity index (χ4v) is 6.52. The summed E-state index contributed by atoms with van der Waals surface area (Å²) in [5.41, 5.74) is 8.91. The van der Waals surface area contributed by atoms with Crippen LogP contribution in [0.2, 0.25) is 0 Å². The Kier molecular flexibility index (Phi) is 4.05. The summed E-state index contributed by atoms with van der Waals surface area (Å²) in [5.74, 6) is 0. The Labute approximate surface area is 223 Å². The first kappa shape index (κ1) is 20.7. The molecule has 0 spiro atoms. The molecule has 0 saturated heterocycles. The summed E-state index contributed by atoms with van der Waals surface area (Å²) >= 11 is 0. The average molecular weight is 499 g/mol. The summed E-state index contributed by atoms with van der Waals surface area (Å²) < 4.78 is 11.0. The van der Waals surface area contributed by atoms with E-state index in [1.54, 1.807) is 0 Å². The first-order chi connectivity index (χ1) is 19.4. The second-order valence-electron chi connectivity index (χ2n) is 10.2. The number of furan rings is 1. The molecule has 0 radical (unpaired) electrons. The van der Waals surface area contributed by atoms with Crippen LogP contribution >= 0.6 is 0 Å². The Morgan fingerprint density at radius 3 is 1.59 bits per heavy atom. The number of benzene rings is 6. The molecule has 3 heterocycles. The number of aromatic nitrogens is 2. The van der Waals surface area contributed by atoms with Crippen LogP contribution in [-0.4, -0.2) is 9.13 Å². The zero-order valence-electron chi connectivity index (χ0n) is 21.0. The van der Waals surface area contributed by atoms with E-state index in [1.807, 2.05) is 6.07 Å². The van der Waals surface area contributed by atoms with Crippen molar-refractivity contribution in [3.05, 3.63) is 133 Å². The highest BCUT2D eigenvalue weighted by molar-refractivity contribution is 6.27. The minimum absolute atomic E-state index is 0.921. The van der Waals surface area contributed by atoms with Gasteiger partial charge in [0.25, 0.3) is 0 Å². The highest BCUT2D eigenvalue weighted by Gasteiger charge is 2.19. The predicted octanol–water partition coefficient (Wildman–Crippen LogP) is 9.78. The molecular formula is C36H22N2O. The van der Waals surface area contributed by atoms with Crippen LogP contribution in [0.15, 0.2) is 138 Å². The van der Waals surface area contributed by atoms with Gasteiger partial charge < -0.3 is 13.6 Å². The highest BCUT2D eigenvalue weighted by atomic mass is 16.3. The van der Waals surface area contributed by atoms with Crippen molar-refractivity contribution in [3.63, 3.8) is 0 Å². The normalized spacial score (nSPS) is 12.1. The SMILES string of the molecule is c1cc(-n2c3ccccc3c3ccccc32)cc(-n2c3ccccc3c3c4c(ccc32)oc2ccccc24)c1. The molecule has 0 unspecified atom stereocenters. The average Bonchev–Trinajstić information content (AvgIpc) is 3.64. The fraction of sp³-hybridized carbons (Fsp3) is 0. The van der Waals surface area contributed by atoms with Gasteiger partial charge in [-0.05, 0) is 54.6 Å². The van der Waals surface area contributed by atoms with Gasteiger partial charge in [0, 0.05) is 43.7 Å². The number of rotatable bonds is 2. The topological polar surface area (TPSA) is 23.0 Å². The second-order valence-corrected chi connectivity index (χ2v) is 10.2. The quantitative estimate of drug-likeness (QED) is 0.233. The van der Waals surface area contributed by atoms with Crippen LogP contribution in [0.5, 0.6) is 0 Å². The number of hydrogen-bond donors (Lipinski definition) is 0. The number of nitrogens with zero attached hydrogens (tertiary/aromatic N) is 2. The summed E-state index contributed by atoms with van der Waals surface area (Å²) in [6, 6.07) is 47.6. The molecule has 6 aromatic carbocycles. The van der Waals surface area contributed by atoms with Gasteiger partial charge in [0.05, 0.1) is 22.1 Å². The molecule has 0 bridgehead atoms. The van der Waals surface area contributed by atoms with Crippen molar-refractivity contribution < 1.29 is 4.42 Å². The van der Waals surface area contributed by atoms with Crippen molar-refractivity contribution >= 4 is 65.6 Å². The third-order valence-electron chi connectivity index (χ3n) is 8.10. The minimum atomic E-state index is 0.921. The molecule has 0 fully saturated rings. The Hall–Kier alpha value is -5.28. The Balaban J connectivity index is 1.38. The van der Waals surface area contributed by atoms with Crippen LogP contribution in [0.25, 0.3) is 76.9 Å². The lowest BCUT2D eigenvalue weighted by atomic mass is 10.1. The number of fused-ring (bicyclic) bond motifs is 10. The molecular weight excluding hydrogens is 476 g/mol. The molecule has 0 aliphatic rings. The van der Waals surface area contributed by atoms with Gasteiger partial charge in [-0.1, -0.05) is 78.9 Å². The summed E-state index contributed by atoms with van der Waals surface area (Å²) in [6.45, 7) is 0. The van der Waals surface area contributed by atoms with Crippen molar-refractivity contribution in [2.75, 3.05) is 0 Å². The lowest BCUT2D eigenvalue weighted by Gasteiger charge is -2.12. The first-order valence-electron chi connectivity index (χ1n) is 13.3. The van der Waals surface area contributed by atoms with E-state index in [0.717, 1.165) is 27.9 Å². The van der Waals surface area contributed by atoms with Crippen LogP contribution in [0.1, 0.15) is 0 Å². The Bertz CT molecular complexity index is 2350. The molecule has 3 heteroatoms. The van der Waals surface area contributed by atoms with E-state index in [0.29, 0.717) is 0 Å². The van der Waals surface area contributed by atoms with Gasteiger partial charge in [0.2, 0.25) is 0 Å². The molecule has 0 atom stereocenters. The summed E-state index contributed by atoms with van der Waals surface area (Å²) in [4.78, 5) is 0. The second kappa shape index (κ2) is 7.62. The van der Waals surface area contributed by atoms with Crippen molar-refractivity contribution in [2.24, 2.45) is 0 Å². The van der Waals surface area contributed by atoms with Crippen LogP contribution in [0, 0.1) is 0 Å². The van der Waals surface area contributed by atoms with Crippen molar-refractivity contribution in [1.82, 2.24) is 9.13 Å². The van der Waals surface area contributed by atoms with Crippen LogP contribution in [0.3, 0.4) is 0 Å². The monoisotopic (exact) mass is 498 g/mol. The van der Waals surface area contributed by atoms with Crippen LogP contribution < -0.4 is 0 Å². The van der Waals surface area contributed by atoms with Crippen molar-refractivity contribution in [1.29, 1.82) is 0 Å². The van der Waals surface area contributed by atoms with E-state index in [1.165, 1.54) is 49.0 Å². The van der Waals surface area contributed by atoms with Gasteiger partial charge in [0.1, 0.15) is 11.2 Å². The third-order valence-corrected chi connectivity index (χ3v) is 8.10. The van der Waals surface area contributed by atoms with Crippen LogP contribution in [-0.2, 0) is 0 Å². The minimum Gasteiger partial charge on any atom is -0.456 e. The van der Waals surface area contributed by atoms with Gasteiger partial charge in [-0.15, -0.1) is 0 Å². The number of hydrogen-bond acceptors (Lipinski definition) is 1. The van der Waals surface area contributed by atoms with E-state index in [4.69, 9.17) is 4.42 Å². The van der Waals surface area contributed by atoms with Gasteiger partial charge in [-0.2, -0.15) is 0 Å². The van der Waals surface area contributed by atoms with Gasteiger partial charge in [-0.25, -0.2) is 0 Å². The molecule has 3 aromatic heterocycles. The smallest absolute Gasteiger partial charge is 0.136 e. The lowest BCUT2D eigenvalue weighted by molar-refractivity contribution is 0.669. The molecule has 39 heavy (non-hydrogen) atoms. The summed E-state index contributed by atoms with van der Waals surface area (Å²) in [7, 11) is 0. The van der Waals surface area contributed by atoms with Crippen molar-refractivity contribution in [2.45, 2.75) is 0 Å². The molecule has 0 amide bonds. The van der Waals surface area contributed by atoms with E-state index in [-0.39, 0.29) is 0 Å². The van der Waals surface area contributed by atoms with Gasteiger partial charge in [0.15, 0.2) is 0 Å². The van der Waals surface area contributed by atoms with E-state index >= 15 is 0 Å². The molecule has 9 aromatic rings. The van der Waals surface area contributed by atoms with E-state index in [9.17, 15) is 0 Å². The Morgan fingerprint density at radius 1 is 0.359 bits per heavy atom. The van der Waals surface area contributed by atoms with Crippen LogP contribution in [0.4, 0.5) is 0 Å². The molecule has 9 rings (SSSR count). The van der Waals surface area contributed by atoms with Gasteiger partial charge >= 0.3 is 0 Å². The Morgan fingerprint density at radius 2 is 0.897 bits per heavy atom. The highest BCUT2D eigenvalue weighted by Crippen LogP contribution is 2.41. The predicted molar refractivity (Wildman–Crippen MR) is 162 cm³/mol. The molecule has 3 nitrogen and oxygen atoms in total. The fourth-order valence-electron chi connectivity index (χ4n) is 6.52. The maximum Gasteiger partial charge on any atom is 0.136 e. The molecule has 182 valence electrons. The zero-order valence-corrected chi connectivity index (χ0v) is 21.0. The van der Waals surface area contributed by atoms with Crippen molar-refractivity contribution in [3.8, 4) is 11.4 Å². The van der Waals surface area contributed by atoms with E-state index in [2.05, 4.69) is 137 Å². The third kappa shape index (κ3) is 2.76. The maximum absolute atomic E-state index is 6.26. The van der Waals surface area contributed by atoms with E-state index < -0.39 is 0 Å². The first-order valence-corrected chi connectivity index (χ1v) is 13.3. The molecule has 0 saturated carbocycles. The molecule has 0 aliphatic carbocycles. The summed E-state index contributed by atoms with van der Waals surface area (Å²) in [5, 5.41) is 7.33. The largest absolute Gasteiger partial charge is 0.456 e. The summed E-state index contributed by atoms with van der Waals surface area (Å²) in [6.07, 6.45) is 0. The van der Waals surface area contributed by atoms with Gasteiger partial charge in [-0.3, -0.25) is 0 Å². The number of para-hydroxylation sites is 4.